The van der Waals surface area contributed by atoms with Crippen molar-refractivity contribution in [3.63, 3.8) is 0 Å². The van der Waals surface area contributed by atoms with Gasteiger partial charge >= 0.3 is 0 Å². The molecule has 1 heterocycles. The molecule has 0 aliphatic rings. The normalized spacial score (nSPS) is 14.5. The lowest BCUT2D eigenvalue weighted by Gasteiger charge is -2.15. The molecule has 68 valence electrons. The predicted molar refractivity (Wildman–Crippen MR) is 54.1 cm³/mol. The average Bonchev–Trinajstić information content (AvgIpc) is 2.19. The van der Waals surface area contributed by atoms with Crippen molar-refractivity contribution in [3.8, 4) is 12.3 Å². The van der Waals surface area contributed by atoms with Crippen LogP contribution < -0.4 is 5.32 Å². The Morgan fingerprint density at radius 3 is 2.77 bits per heavy atom. The van der Waals surface area contributed by atoms with E-state index >= 15 is 0 Å². The maximum absolute atomic E-state index is 5.27. The molecule has 0 bridgehead atoms. The third-order valence-electron chi connectivity index (χ3n) is 1.88. The molecule has 0 saturated carbocycles. The molecule has 2 nitrogen and oxygen atoms in total. The Balaban J connectivity index is 2.60. The summed E-state index contributed by atoms with van der Waals surface area (Å²) in [6, 6.07) is 6.15. The van der Waals surface area contributed by atoms with Gasteiger partial charge in [-0.2, -0.15) is 0 Å². The zero-order chi connectivity index (χ0) is 9.68. The van der Waals surface area contributed by atoms with Crippen LogP contribution in [0.2, 0.25) is 0 Å². The molecule has 0 aromatic carbocycles. The van der Waals surface area contributed by atoms with Crippen molar-refractivity contribution >= 4 is 0 Å². The van der Waals surface area contributed by atoms with Crippen molar-refractivity contribution in [1.82, 2.24) is 10.3 Å². The SMILES string of the molecule is C#CC(C)N[C@@H](C)c1ccccn1. The molecule has 1 aromatic heterocycles. The van der Waals surface area contributed by atoms with Gasteiger partial charge in [-0.05, 0) is 26.0 Å². The van der Waals surface area contributed by atoms with E-state index in [1.807, 2.05) is 25.1 Å². The first-order valence-corrected chi connectivity index (χ1v) is 4.37. The maximum atomic E-state index is 5.27. The first kappa shape index (κ1) is 9.76. The van der Waals surface area contributed by atoms with E-state index in [0.29, 0.717) is 0 Å². The van der Waals surface area contributed by atoms with Gasteiger partial charge in [0.25, 0.3) is 0 Å². The monoisotopic (exact) mass is 174 g/mol. The van der Waals surface area contributed by atoms with Crippen LogP contribution in [0.5, 0.6) is 0 Å². The molecule has 0 aliphatic carbocycles. The van der Waals surface area contributed by atoms with E-state index in [0.717, 1.165) is 5.69 Å². The van der Waals surface area contributed by atoms with E-state index in [1.54, 1.807) is 6.20 Å². The van der Waals surface area contributed by atoms with Crippen LogP contribution in [0.3, 0.4) is 0 Å². The molecular formula is C11H14N2. The summed E-state index contributed by atoms with van der Waals surface area (Å²) in [4.78, 5) is 4.23. The Hall–Kier alpha value is -1.33. The van der Waals surface area contributed by atoms with Crippen LogP contribution in [0.4, 0.5) is 0 Å². The summed E-state index contributed by atoms with van der Waals surface area (Å²) in [6.45, 7) is 4.01. The molecule has 0 radical (unpaired) electrons. The highest BCUT2D eigenvalue weighted by Gasteiger charge is 2.07. The van der Waals surface area contributed by atoms with Gasteiger partial charge in [0.15, 0.2) is 0 Å². The second-order valence-electron chi connectivity index (χ2n) is 3.03. The first-order valence-electron chi connectivity index (χ1n) is 4.37. The Bertz CT molecular complexity index is 287. The van der Waals surface area contributed by atoms with Gasteiger partial charge in [0.05, 0.1) is 11.7 Å². The van der Waals surface area contributed by atoms with Crippen molar-refractivity contribution in [2.75, 3.05) is 0 Å². The van der Waals surface area contributed by atoms with Crippen LogP contribution >= 0.6 is 0 Å². The molecule has 1 rings (SSSR count). The fraction of sp³-hybridized carbons (Fsp3) is 0.364. The van der Waals surface area contributed by atoms with E-state index < -0.39 is 0 Å². The number of hydrogen-bond donors (Lipinski definition) is 1. The van der Waals surface area contributed by atoms with Crippen LogP contribution in [-0.2, 0) is 0 Å². The summed E-state index contributed by atoms with van der Waals surface area (Å²) in [7, 11) is 0. The predicted octanol–water partition coefficient (Wildman–Crippen LogP) is 1.75. The van der Waals surface area contributed by atoms with Gasteiger partial charge in [-0.25, -0.2) is 0 Å². The second kappa shape index (κ2) is 4.64. The van der Waals surface area contributed by atoms with Crippen molar-refractivity contribution < 1.29 is 0 Å². The van der Waals surface area contributed by atoms with Crippen molar-refractivity contribution in [2.45, 2.75) is 25.9 Å². The summed E-state index contributed by atoms with van der Waals surface area (Å²) in [5.74, 6) is 2.63. The summed E-state index contributed by atoms with van der Waals surface area (Å²) in [5, 5.41) is 3.25. The highest BCUT2D eigenvalue weighted by molar-refractivity contribution is 5.09. The van der Waals surface area contributed by atoms with Crippen LogP contribution in [0.15, 0.2) is 24.4 Å². The standard InChI is InChI=1S/C11H14N2/c1-4-9(2)13-10(3)11-7-5-6-8-12-11/h1,5-10,13H,2-3H3/t9?,10-/m0/s1. The van der Waals surface area contributed by atoms with Crippen LogP contribution in [-0.4, -0.2) is 11.0 Å². The highest BCUT2D eigenvalue weighted by Crippen LogP contribution is 2.08. The number of nitrogens with zero attached hydrogens (tertiary/aromatic N) is 1. The van der Waals surface area contributed by atoms with Gasteiger partial charge in [-0.15, -0.1) is 6.42 Å². The molecule has 0 amide bonds. The lowest BCUT2D eigenvalue weighted by molar-refractivity contribution is 0.535. The van der Waals surface area contributed by atoms with E-state index in [4.69, 9.17) is 6.42 Å². The molecule has 0 fully saturated rings. The molecule has 0 saturated heterocycles. The van der Waals surface area contributed by atoms with Crippen molar-refractivity contribution in [2.24, 2.45) is 0 Å². The Morgan fingerprint density at radius 1 is 1.46 bits per heavy atom. The molecule has 0 spiro atoms. The summed E-state index contributed by atoms with van der Waals surface area (Å²) < 4.78 is 0. The fourth-order valence-electron chi connectivity index (χ4n) is 1.14. The number of terminal acetylenes is 1. The number of nitrogens with one attached hydrogen (secondary N) is 1. The molecule has 1 aromatic rings. The first-order chi connectivity index (χ1) is 6.24. The van der Waals surface area contributed by atoms with E-state index in [1.165, 1.54) is 0 Å². The lowest BCUT2D eigenvalue weighted by Crippen LogP contribution is -2.27. The molecule has 2 heteroatoms. The van der Waals surface area contributed by atoms with Crippen LogP contribution in [0, 0.1) is 12.3 Å². The number of rotatable bonds is 3. The van der Waals surface area contributed by atoms with Crippen molar-refractivity contribution in [1.29, 1.82) is 0 Å². The van der Waals surface area contributed by atoms with E-state index in [-0.39, 0.29) is 12.1 Å². The average molecular weight is 174 g/mol. The van der Waals surface area contributed by atoms with Gasteiger partial charge in [0, 0.05) is 12.2 Å². The summed E-state index contributed by atoms with van der Waals surface area (Å²) in [6.07, 6.45) is 7.05. The molecule has 0 aliphatic heterocycles. The Labute approximate surface area is 79.4 Å². The van der Waals surface area contributed by atoms with Crippen LogP contribution in [0.25, 0.3) is 0 Å². The number of hydrogen-bond acceptors (Lipinski definition) is 2. The summed E-state index contributed by atoms with van der Waals surface area (Å²) >= 11 is 0. The lowest BCUT2D eigenvalue weighted by atomic mass is 10.2. The summed E-state index contributed by atoms with van der Waals surface area (Å²) in [5.41, 5.74) is 1.02. The quantitative estimate of drug-likeness (QED) is 0.706. The number of aromatic nitrogens is 1. The topological polar surface area (TPSA) is 24.9 Å². The molecule has 1 N–H and O–H groups in total. The van der Waals surface area contributed by atoms with E-state index in [9.17, 15) is 0 Å². The van der Waals surface area contributed by atoms with Gasteiger partial charge in [0.2, 0.25) is 0 Å². The zero-order valence-corrected chi connectivity index (χ0v) is 7.99. The maximum Gasteiger partial charge on any atom is 0.0663 e. The molecule has 13 heavy (non-hydrogen) atoms. The third-order valence-corrected chi connectivity index (χ3v) is 1.88. The van der Waals surface area contributed by atoms with Crippen molar-refractivity contribution in [3.05, 3.63) is 30.1 Å². The van der Waals surface area contributed by atoms with Gasteiger partial charge in [-0.1, -0.05) is 12.0 Å². The molecular weight excluding hydrogens is 160 g/mol. The number of pyridine rings is 1. The zero-order valence-electron chi connectivity index (χ0n) is 7.99. The molecule has 1 unspecified atom stereocenters. The van der Waals surface area contributed by atoms with Gasteiger partial charge in [0.1, 0.15) is 0 Å². The highest BCUT2D eigenvalue weighted by atomic mass is 15.0. The third kappa shape index (κ3) is 2.89. The minimum Gasteiger partial charge on any atom is -0.296 e. The van der Waals surface area contributed by atoms with Gasteiger partial charge < -0.3 is 0 Å². The Kier molecular flexibility index (Phi) is 3.48. The van der Waals surface area contributed by atoms with Crippen LogP contribution in [0.1, 0.15) is 25.6 Å². The smallest absolute Gasteiger partial charge is 0.0663 e. The van der Waals surface area contributed by atoms with Gasteiger partial charge in [-0.3, -0.25) is 10.3 Å². The van der Waals surface area contributed by atoms with E-state index in [2.05, 4.69) is 23.1 Å². The molecule has 2 atom stereocenters. The minimum atomic E-state index is 0.0806. The largest absolute Gasteiger partial charge is 0.296 e. The Morgan fingerprint density at radius 2 is 2.23 bits per heavy atom. The second-order valence-corrected chi connectivity index (χ2v) is 3.03. The fourth-order valence-corrected chi connectivity index (χ4v) is 1.14. The minimum absolute atomic E-state index is 0.0806.